The first-order valence-electron chi connectivity index (χ1n) is 5.49. The van der Waals surface area contributed by atoms with Gasteiger partial charge in [-0.1, -0.05) is 11.6 Å². The van der Waals surface area contributed by atoms with Crippen LogP contribution in [0.15, 0.2) is 12.1 Å². The van der Waals surface area contributed by atoms with Crippen molar-refractivity contribution in [1.29, 1.82) is 0 Å². The lowest BCUT2D eigenvalue weighted by atomic mass is 10.1. The van der Waals surface area contributed by atoms with Crippen LogP contribution in [0, 0.1) is 0 Å². The van der Waals surface area contributed by atoms with E-state index in [4.69, 9.17) is 23.1 Å². The molecule has 0 aliphatic heterocycles. The predicted octanol–water partition coefficient (Wildman–Crippen LogP) is 2.21. The van der Waals surface area contributed by atoms with E-state index in [1.54, 1.807) is 23.9 Å². The smallest absolute Gasteiger partial charge is 0.250 e. The zero-order valence-corrected chi connectivity index (χ0v) is 12.3. The highest BCUT2D eigenvalue weighted by atomic mass is 35.5. The van der Waals surface area contributed by atoms with Crippen molar-refractivity contribution in [3.8, 4) is 0 Å². The summed E-state index contributed by atoms with van der Waals surface area (Å²) >= 11 is 7.91. The molecule has 0 fully saturated rings. The number of rotatable bonds is 5. The van der Waals surface area contributed by atoms with Crippen LogP contribution in [-0.4, -0.2) is 31.0 Å². The molecule has 0 aliphatic rings. The Hall–Kier alpha value is -1.07. The maximum atomic E-state index is 11.5. The molecule has 0 spiro atoms. The minimum Gasteiger partial charge on any atom is -0.399 e. The summed E-state index contributed by atoms with van der Waals surface area (Å²) in [6, 6.07) is 3.43. The van der Waals surface area contributed by atoms with Crippen LogP contribution in [0.4, 0.5) is 11.4 Å². The third-order valence-electron chi connectivity index (χ3n) is 2.77. The number of nitrogens with zero attached hydrogens (tertiary/aromatic N) is 1. The molecule has 1 aromatic carbocycles. The van der Waals surface area contributed by atoms with Crippen LogP contribution < -0.4 is 16.4 Å². The van der Waals surface area contributed by atoms with E-state index in [1.807, 2.05) is 18.2 Å². The summed E-state index contributed by atoms with van der Waals surface area (Å²) < 4.78 is 0. The number of amides is 1. The molecule has 1 atom stereocenters. The van der Waals surface area contributed by atoms with Gasteiger partial charge in [-0.2, -0.15) is 11.8 Å². The lowest BCUT2D eigenvalue weighted by molar-refractivity contribution is 0.100. The third-order valence-corrected chi connectivity index (χ3v) is 3.88. The van der Waals surface area contributed by atoms with Crippen LogP contribution in [0.2, 0.25) is 5.02 Å². The standard InChI is InChI=1S/C12H18ClN3OS/c1-7(6-18-3)16(2)11-9(12(15)17)4-8(14)5-10(11)13/h4-5,7H,6,14H2,1-3H3,(H2,15,17). The van der Waals surface area contributed by atoms with Crippen molar-refractivity contribution in [2.45, 2.75) is 13.0 Å². The monoisotopic (exact) mass is 287 g/mol. The summed E-state index contributed by atoms with van der Waals surface area (Å²) in [5.41, 5.74) is 12.5. The highest BCUT2D eigenvalue weighted by molar-refractivity contribution is 7.98. The molecule has 0 aromatic heterocycles. The summed E-state index contributed by atoms with van der Waals surface area (Å²) in [7, 11) is 1.89. The molecule has 4 N–H and O–H groups in total. The van der Waals surface area contributed by atoms with Crippen molar-refractivity contribution in [1.82, 2.24) is 0 Å². The van der Waals surface area contributed by atoms with Gasteiger partial charge in [0.1, 0.15) is 0 Å². The first-order chi connectivity index (χ1) is 8.38. The van der Waals surface area contributed by atoms with Crippen LogP contribution in [0.3, 0.4) is 0 Å². The second-order valence-electron chi connectivity index (χ2n) is 4.18. The summed E-state index contributed by atoms with van der Waals surface area (Å²) in [6.45, 7) is 2.06. The maximum absolute atomic E-state index is 11.5. The average Bonchev–Trinajstić information content (AvgIpc) is 2.27. The Kier molecular flexibility index (Phi) is 5.16. The van der Waals surface area contributed by atoms with Gasteiger partial charge in [-0.05, 0) is 25.3 Å². The van der Waals surface area contributed by atoms with E-state index in [2.05, 4.69) is 6.92 Å². The number of primary amides is 1. The number of benzene rings is 1. The number of carbonyl (C=O) groups is 1. The molecule has 1 amide bonds. The summed E-state index contributed by atoms with van der Waals surface area (Å²) in [6.07, 6.45) is 2.03. The van der Waals surface area contributed by atoms with E-state index in [9.17, 15) is 4.79 Å². The average molecular weight is 288 g/mol. The summed E-state index contributed by atoms with van der Waals surface area (Å²) in [4.78, 5) is 13.4. The van der Waals surface area contributed by atoms with E-state index in [0.717, 1.165) is 5.75 Å². The number of anilines is 2. The van der Waals surface area contributed by atoms with Crippen LogP contribution in [-0.2, 0) is 0 Å². The summed E-state index contributed by atoms with van der Waals surface area (Å²) in [5, 5.41) is 0.444. The van der Waals surface area contributed by atoms with Gasteiger partial charge in [-0.25, -0.2) is 0 Å². The predicted molar refractivity (Wildman–Crippen MR) is 80.6 cm³/mol. The second kappa shape index (κ2) is 6.20. The Morgan fingerprint density at radius 3 is 2.67 bits per heavy atom. The van der Waals surface area contributed by atoms with E-state index < -0.39 is 5.91 Å². The maximum Gasteiger partial charge on any atom is 0.250 e. The third kappa shape index (κ3) is 3.23. The van der Waals surface area contributed by atoms with Crippen molar-refractivity contribution in [2.24, 2.45) is 5.73 Å². The first kappa shape index (κ1) is 15.0. The van der Waals surface area contributed by atoms with Gasteiger partial charge in [0, 0.05) is 24.5 Å². The minimum absolute atomic E-state index is 0.235. The number of nitrogens with two attached hydrogens (primary N) is 2. The molecule has 6 heteroatoms. The summed E-state index contributed by atoms with van der Waals surface area (Å²) in [5.74, 6) is 0.400. The van der Waals surface area contributed by atoms with Gasteiger partial charge in [0.25, 0.3) is 5.91 Å². The lowest BCUT2D eigenvalue weighted by Crippen LogP contribution is -2.33. The topological polar surface area (TPSA) is 72.3 Å². The van der Waals surface area contributed by atoms with Crippen molar-refractivity contribution in [2.75, 3.05) is 29.7 Å². The fraction of sp³-hybridized carbons (Fsp3) is 0.417. The number of hydrogen-bond acceptors (Lipinski definition) is 4. The largest absolute Gasteiger partial charge is 0.399 e. The molecule has 0 saturated carbocycles. The van der Waals surface area contributed by atoms with Crippen molar-refractivity contribution >= 4 is 40.6 Å². The lowest BCUT2D eigenvalue weighted by Gasteiger charge is -2.29. The molecule has 100 valence electrons. The van der Waals surface area contributed by atoms with Gasteiger partial charge < -0.3 is 16.4 Å². The normalized spacial score (nSPS) is 12.2. The number of nitrogen functional groups attached to an aromatic ring is 1. The van der Waals surface area contributed by atoms with Crippen LogP contribution in [0.1, 0.15) is 17.3 Å². The van der Waals surface area contributed by atoms with Crippen molar-refractivity contribution in [3.05, 3.63) is 22.7 Å². The Labute approximate surface area is 117 Å². The zero-order chi connectivity index (χ0) is 13.9. The molecule has 4 nitrogen and oxygen atoms in total. The molecular formula is C12H18ClN3OS. The molecule has 1 unspecified atom stereocenters. The SMILES string of the molecule is CSCC(C)N(C)c1c(Cl)cc(N)cc1C(N)=O. The van der Waals surface area contributed by atoms with Gasteiger partial charge in [0.05, 0.1) is 16.3 Å². The molecule has 1 rings (SSSR count). The molecule has 0 radical (unpaired) electrons. The van der Waals surface area contributed by atoms with Gasteiger partial charge >= 0.3 is 0 Å². The van der Waals surface area contributed by atoms with Gasteiger partial charge in [0.2, 0.25) is 0 Å². The fourth-order valence-corrected chi connectivity index (χ4v) is 2.81. The van der Waals surface area contributed by atoms with Gasteiger partial charge in [-0.15, -0.1) is 0 Å². The Morgan fingerprint density at radius 2 is 2.17 bits per heavy atom. The molecule has 18 heavy (non-hydrogen) atoms. The van der Waals surface area contributed by atoms with Crippen LogP contribution >= 0.6 is 23.4 Å². The number of carbonyl (C=O) groups excluding carboxylic acids is 1. The van der Waals surface area contributed by atoms with Crippen LogP contribution in [0.5, 0.6) is 0 Å². The number of hydrogen-bond donors (Lipinski definition) is 2. The quantitative estimate of drug-likeness (QED) is 0.815. The van der Waals surface area contributed by atoms with Crippen molar-refractivity contribution < 1.29 is 4.79 Å². The fourth-order valence-electron chi connectivity index (χ4n) is 1.74. The van der Waals surface area contributed by atoms with Gasteiger partial charge in [0.15, 0.2) is 0 Å². The van der Waals surface area contributed by atoms with Gasteiger partial charge in [-0.3, -0.25) is 4.79 Å². The number of halogens is 1. The van der Waals surface area contributed by atoms with E-state index in [1.165, 1.54) is 0 Å². The molecule has 0 aliphatic carbocycles. The second-order valence-corrected chi connectivity index (χ2v) is 5.50. The minimum atomic E-state index is -0.526. The van der Waals surface area contributed by atoms with Crippen LogP contribution in [0.25, 0.3) is 0 Å². The van der Waals surface area contributed by atoms with Crippen molar-refractivity contribution in [3.63, 3.8) is 0 Å². The molecule has 0 bridgehead atoms. The Morgan fingerprint density at radius 1 is 1.56 bits per heavy atom. The highest BCUT2D eigenvalue weighted by Gasteiger charge is 2.20. The zero-order valence-electron chi connectivity index (χ0n) is 10.7. The Bertz CT molecular complexity index is 453. The molecule has 0 heterocycles. The van der Waals surface area contributed by atoms with E-state index >= 15 is 0 Å². The number of thioether (sulfide) groups is 1. The highest BCUT2D eigenvalue weighted by Crippen LogP contribution is 2.33. The molecule has 0 saturated heterocycles. The first-order valence-corrected chi connectivity index (χ1v) is 7.26. The Balaban J connectivity index is 3.25. The van der Waals surface area contributed by atoms with E-state index in [-0.39, 0.29) is 6.04 Å². The van der Waals surface area contributed by atoms with E-state index in [0.29, 0.717) is 22.0 Å². The molecular weight excluding hydrogens is 270 g/mol. The molecule has 1 aromatic rings.